The topological polar surface area (TPSA) is 50.1 Å². The first-order valence-corrected chi connectivity index (χ1v) is 6.22. The summed E-state index contributed by atoms with van der Waals surface area (Å²) in [7, 11) is 1.53. The normalized spacial score (nSPS) is 16.8. The standard InChI is InChI=1S/C13H12BrNO2/c1-17-11-4-3-9(14)7-10(11)12(16)13(8-15)5-2-6-13/h3-4,7H,2,5-6H2,1H3. The van der Waals surface area contributed by atoms with Crippen molar-refractivity contribution in [1.29, 1.82) is 5.26 Å². The third-order valence-electron chi connectivity index (χ3n) is 3.26. The fourth-order valence-corrected chi connectivity index (χ4v) is 2.40. The van der Waals surface area contributed by atoms with Gasteiger partial charge in [-0.15, -0.1) is 0 Å². The molecular weight excluding hydrogens is 282 g/mol. The van der Waals surface area contributed by atoms with E-state index in [1.165, 1.54) is 7.11 Å². The van der Waals surface area contributed by atoms with Gasteiger partial charge < -0.3 is 4.74 Å². The number of carbonyl (C=O) groups is 1. The van der Waals surface area contributed by atoms with Crippen molar-refractivity contribution in [3.63, 3.8) is 0 Å². The largest absolute Gasteiger partial charge is 0.496 e. The summed E-state index contributed by atoms with van der Waals surface area (Å²) in [5.74, 6) is 0.407. The van der Waals surface area contributed by atoms with Gasteiger partial charge in [0.15, 0.2) is 5.78 Å². The van der Waals surface area contributed by atoms with Crippen molar-refractivity contribution in [3.05, 3.63) is 28.2 Å². The molecule has 4 heteroatoms. The second-order valence-electron chi connectivity index (χ2n) is 4.22. The summed E-state index contributed by atoms with van der Waals surface area (Å²) in [6.45, 7) is 0. The van der Waals surface area contributed by atoms with Crippen LogP contribution in [-0.2, 0) is 0 Å². The predicted molar refractivity (Wildman–Crippen MR) is 66.9 cm³/mol. The lowest BCUT2D eigenvalue weighted by Crippen LogP contribution is -2.36. The number of rotatable bonds is 3. The number of nitrogens with zero attached hydrogens (tertiary/aromatic N) is 1. The molecule has 17 heavy (non-hydrogen) atoms. The Bertz CT molecular complexity index is 501. The maximum Gasteiger partial charge on any atom is 0.186 e. The van der Waals surface area contributed by atoms with E-state index in [1.807, 2.05) is 6.07 Å². The van der Waals surface area contributed by atoms with Gasteiger partial charge in [0.2, 0.25) is 0 Å². The third-order valence-corrected chi connectivity index (χ3v) is 3.76. The second kappa shape index (κ2) is 4.50. The Morgan fingerprint density at radius 1 is 1.53 bits per heavy atom. The molecule has 1 aliphatic carbocycles. The number of ketones is 1. The lowest BCUT2D eigenvalue weighted by molar-refractivity contribution is 0.0745. The molecule has 0 aliphatic heterocycles. The van der Waals surface area contributed by atoms with Crippen LogP contribution in [-0.4, -0.2) is 12.9 Å². The fourth-order valence-electron chi connectivity index (χ4n) is 2.04. The van der Waals surface area contributed by atoms with Crippen LogP contribution in [0.15, 0.2) is 22.7 Å². The highest BCUT2D eigenvalue weighted by Crippen LogP contribution is 2.44. The zero-order chi connectivity index (χ0) is 12.5. The number of carbonyl (C=O) groups excluding carboxylic acids is 1. The molecule has 0 atom stereocenters. The highest BCUT2D eigenvalue weighted by atomic mass is 79.9. The van der Waals surface area contributed by atoms with Crippen LogP contribution in [0.4, 0.5) is 0 Å². The van der Waals surface area contributed by atoms with Gasteiger partial charge in [-0.05, 0) is 37.5 Å². The van der Waals surface area contributed by atoms with Gasteiger partial charge in [-0.3, -0.25) is 4.79 Å². The highest BCUT2D eigenvalue weighted by molar-refractivity contribution is 9.10. The molecule has 1 aromatic rings. The molecule has 0 radical (unpaired) electrons. The number of Topliss-reactive ketones (excluding diaryl/α,β-unsaturated/α-hetero) is 1. The molecule has 0 N–H and O–H groups in total. The minimum Gasteiger partial charge on any atom is -0.496 e. The quantitative estimate of drug-likeness (QED) is 0.803. The summed E-state index contributed by atoms with van der Waals surface area (Å²) in [5.41, 5.74) is -0.336. The Balaban J connectivity index is 2.43. The van der Waals surface area contributed by atoms with E-state index in [0.29, 0.717) is 24.2 Å². The van der Waals surface area contributed by atoms with Gasteiger partial charge in [-0.1, -0.05) is 15.9 Å². The highest BCUT2D eigenvalue weighted by Gasteiger charge is 2.45. The van der Waals surface area contributed by atoms with Crippen molar-refractivity contribution in [2.75, 3.05) is 7.11 Å². The molecule has 0 heterocycles. The van der Waals surface area contributed by atoms with Gasteiger partial charge in [0.25, 0.3) is 0 Å². The van der Waals surface area contributed by atoms with Gasteiger partial charge in [0.05, 0.1) is 18.7 Å². The average Bonchev–Trinajstić information content (AvgIpc) is 2.28. The molecule has 0 amide bonds. The van der Waals surface area contributed by atoms with E-state index in [1.54, 1.807) is 12.1 Å². The van der Waals surface area contributed by atoms with E-state index < -0.39 is 5.41 Å². The minimum absolute atomic E-state index is 0.121. The molecule has 1 aliphatic rings. The number of hydrogen-bond donors (Lipinski definition) is 0. The van der Waals surface area contributed by atoms with E-state index in [2.05, 4.69) is 22.0 Å². The Morgan fingerprint density at radius 3 is 2.71 bits per heavy atom. The molecule has 0 saturated heterocycles. The summed E-state index contributed by atoms with van der Waals surface area (Å²) < 4.78 is 5.99. The van der Waals surface area contributed by atoms with Crippen LogP contribution < -0.4 is 4.74 Å². The zero-order valence-corrected chi connectivity index (χ0v) is 11.1. The third kappa shape index (κ3) is 1.96. The average molecular weight is 294 g/mol. The molecule has 2 rings (SSSR count). The Kier molecular flexibility index (Phi) is 3.21. The van der Waals surface area contributed by atoms with Gasteiger partial charge in [0.1, 0.15) is 11.2 Å². The van der Waals surface area contributed by atoms with Crippen LogP contribution in [0, 0.1) is 16.7 Å². The summed E-state index contributed by atoms with van der Waals surface area (Å²) >= 11 is 3.33. The molecule has 0 spiro atoms. The lowest BCUT2D eigenvalue weighted by Gasteiger charge is -2.33. The molecule has 1 fully saturated rings. The van der Waals surface area contributed by atoms with Crippen LogP contribution in [0.2, 0.25) is 0 Å². The predicted octanol–water partition coefficient (Wildman–Crippen LogP) is 3.33. The minimum atomic E-state index is -0.825. The van der Waals surface area contributed by atoms with Crippen molar-refractivity contribution in [2.45, 2.75) is 19.3 Å². The Labute approximate surface area is 109 Å². The van der Waals surface area contributed by atoms with E-state index in [-0.39, 0.29) is 5.78 Å². The van der Waals surface area contributed by atoms with E-state index in [0.717, 1.165) is 10.9 Å². The summed E-state index contributed by atoms with van der Waals surface area (Å²) in [5, 5.41) is 9.18. The van der Waals surface area contributed by atoms with Crippen molar-refractivity contribution in [3.8, 4) is 11.8 Å². The maximum absolute atomic E-state index is 12.4. The van der Waals surface area contributed by atoms with Crippen LogP contribution >= 0.6 is 15.9 Å². The Hall–Kier alpha value is -1.34. The molecule has 3 nitrogen and oxygen atoms in total. The number of hydrogen-bond acceptors (Lipinski definition) is 3. The van der Waals surface area contributed by atoms with E-state index >= 15 is 0 Å². The van der Waals surface area contributed by atoms with Crippen molar-refractivity contribution in [1.82, 2.24) is 0 Å². The SMILES string of the molecule is COc1ccc(Br)cc1C(=O)C1(C#N)CCC1. The molecule has 88 valence electrons. The van der Waals surface area contributed by atoms with Gasteiger partial charge >= 0.3 is 0 Å². The lowest BCUT2D eigenvalue weighted by atomic mass is 9.65. The number of ether oxygens (including phenoxy) is 1. The zero-order valence-electron chi connectivity index (χ0n) is 9.50. The summed E-state index contributed by atoms with van der Waals surface area (Å²) in [4.78, 5) is 12.4. The van der Waals surface area contributed by atoms with Crippen LogP contribution in [0.5, 0.6) is 5.75 Å². The molecular formula is C13H12BrNO2. The Morgan fingerprint density at radius 2 is 2.24 bits per heavy atom. The van der Waals surface area contributed by atoms with Crippen LogP contribution in [0.25, 0.3) is 0 Å². The monoisotopic (exact) mass is 293 g/mol. The molecule has 1 aromatic carbocycles. The number of methoxy groups -OCH3 is 1. The van der Waals surface area contributed by atoms with Crippen molar-refractivity contribution >= 4 is 21.7 Å². The fraction of sp³-hybridized carbons (Fsp3) is 0.385. The van der Waals surface area contributed by atoms with Gasteiger partial charge in [0, 0.05) is 4.47 Å². The smallest absolute Gasteiger partial charge is 0.186 e. The second-order valence-corrected chi connectivity index (χ2v) is 5.14. The molecule has 0 bridgehead atoms. The molecule has 0 unspecified atom stereocenters. The number of nitriles is 1. The summed E-state index contributed by atoms with van der Waals surface area (Å²) in [6.07, 6.45) is 2.24. The van der Waals surface area contributed by atoms with Crippen molar-refractivity contribution in [2.24, 2.45) is 5.41 Å². The van der Waals surface area contributed by atoms with Crippen molar-refractivity contribution < 1.29 is 9.53 Å². The number of halogens is 1. The van der Waals surface area contributed by atoms with Crippen LogP contribution in [0.1, 0.15) is 29.6 Å². The first-order valence-electron chi connectivity index (χ1n) is 5.42. The maximum atomic E-state index is 12.4. The molecule has 0 aromatic heterocycles. The van der Waals surface area contributed by atoms with Crippen LogP contribution in [0.3, 0.4) is 0 Å². The summed E-state index contributed by atoms with van der Waals surface area (Å²) in [6, 6.07) is 7.44. The molecule has 1 saturated carbocycles. The van der Waals surface area contributed by atoms with Gasteiger partial charge in [-0.2, -0.15) is 5.26 Å². The first kappa shape index (κ1) is 12.1. The first-order chi connectivity index (χ1) is 8.13. The number of benzene rings is 1. The van der Waals surface area contributed by atoms with E-state index in [4.69, 9.17) is 4.74 Å². The van der Waals surface area contributed by atoms with Gasteiger partial charge in [-0.25, -0.2) is 0 Å². The van der Waals surface area contributed by atoms with E-state index in [9.17, 15) is 10.1 Å².